The molecule has 17 heavy (non-hydrogen) atoms. The summed E-state index contributed by atoms with van der Waals surface area (Å²) < 4.78 is 5.28. The van der Waals surface area contributed by atoms with Gasteiger partial charge in [0.05, 0.1) is 6.26 Å². The van der Waals surface area contributed by atoms with Crippen molar-refractivity contribution in [2.45, 2.75) is 40.0 Å². The fourth-order valence-corrected chi connectivity index (χ4v) is 2.59. The minimum atomic E-state index is -0.198. The number of carbonyl (C=O) groups is 1. The lowest BCUT2D eigenvalue weighted by atomic mass is 9.64. The van der Waals surface area contributed by atoms with Crippen LogP contribution in [0.1, 0.15) is 45.8 Å². The molecule has 1 aromatic heterocycles. The van der Waals surface area contributed by atoms with Crippen molar-refractivity contribution in [3.8, 4) is 0 Å². The number of hydrogen-bond donors (Lipinski definition) is 0. The maximum absolute atomic E-state index is 12.5. The molecule has 2 atom stereocenters. The molecule has 2 rings (SSSR count). The van der Waals surface area contributed by atoms with Crippen molar-refractivity contribution < 1.29 is 9.21 Å². The monoisotopic (exact) mass is 232 g/mol. The molecule has 2 nitrogen and oxygen atoms in total. The lowest BCUT2D eigenvalue weighted by Crippen LogP contribution is -2.38. The Hall–Kier alpha value is -1.31. The Morgan fingerprint density at radius 3 is 2.94 bits per heavy atom. The zero-order chi connectivity index (χ0) is 12.5. The van der Waals surface area contributed by atoms with E-state index < -0.39 is 0 Å². The first-order valence-corrected chi connectivity index (χ1v) is 6.37. The van der Waals surface area contributed by atoms with Crippen LogP contribution in [0, 0.1) is 11.3 Å². The Balaban J connectivity index is 2.30. The standard InChI is InChI=1S/C15H20O2/c1-4-15(3)11(2)7-8-12(14(15)16)10-13-6-5-9-17-13/h5-6,9-11H,4,7-8H2,1-3H3/b12-10+. The van der Waals surface area contributed by atoms with Crippen LogP contribution in [-0.4, -0.2) is 5.78 Å². The molecule has 1 heterocycles. The van der Waals surface area contributed by atoms with Crippen molar-refractivity contribution in [2.24, 2.45) is 11.3 Å². The van der Waals surface area contributed by atoms with E-state index in [0.29, 0.717) is 11.7 Å². The first kappa shape index (κ1) is 12.2. The molecule has 0 N–H and O–H groups in total. The fourth-order valence-electron chi connectivity index (χ4n) is 2.59. The largest absolute Gasteiger partial charge is 0.465 e. The summed E-state index contributed by atoms with van der Waals surface area (Å²) >= 11 is 0. The molecule has 0 amide bonds. The van der Waals surface area contributed by atoms with Crippen LogP contribution < -0.4 is 0 Å². The van der Waals surface area contributed by atoms with Gasteiger partial charge in [-0.15, -0.1) is 0 Å². The van der Waals surface area contributed by atoms with Gasteiger partial charge in [-0.05, 0) is 49.0 Å². The minimum Gasteiger partial charge on any atom is -0.465 e. The van der Waals surface area contributed by atoms with Crippen LogP contribution in [0.3, 0.4) is 0 Å². The summed E-state index contributed by atoms with van der Waals surface area (Å²) in [4.78, 5) is 12.5. The summed E-state index contributed by atoms with van der Waals surface area (Å²) in [5.41, 5.74) is 0.721. The summed E-state index contributed by atoms with van der Waals surface area (Å²) in [7, 11) is 0. The first-order valence-electron chi connectivity index (χ1n) is 6.37. The Bertz CT molecular complexity index is 428. The summed E-state index contributed by atoms with van der Waals surface area (Å²) in [6.07, 6.45) is 6.41. The Morgan fingerprint density at radius 1 is 1.59 bits per heavy atom. The average molecular weight is 232 g/mol. The number of carbonyl (C=O) groups excluding carboxylic acids is 1. The smallest absolute Gasteiger partial charge is 0.165 e. The highest BCUT2D eigenvalue weighted by molar-refractivity contribution is 6.03. The zero-order valence-corrected chi connectivity index (χ0v) is 10.8. The number of ketones is 1. The van der Waals surface area contributed by atoms with Gasteiger partial charge in [-0.2, -0.15) is 0 Å². The molecule has 1 fully saturated rings. The molecule has 1 aliphatic carbocycles. The van der Waals surface area contributed by atoms with E-state index in [9.17, 15) is 4.79 Å². The second-order valence-corrected chi connectivity index (χ2v) is 5.22. The number of allylic oxidation sites excluding steroid dienone is 1. The topological polar surface area (TPSA) is 30.2 Å². The third-order valence-electron chi connectivity index (χ3n) is 4.34. The van der Waals surface area contributed by atoms with E-state index in [4.69, 9.17) is 4.42 Å². The predicted octanol–water partition coefficient (Wildman–Crippen LogP) is 4.08. The molecular weight excluding hydrogens is 212 g/mol. The van der Waals surface area contributed by atoms with Gasteiger partial charge in [-0.1, -0.05) is 20.8 Å². The molecule has 0 bridgehead atoms. The molecule has 1 saturated carbocycles. The molecule has 0 aromatic carbocycles. The number of hydrogen-bond acceptors (Lipinski definition) is 2. The molecule has 2 unspecified atom stereocenters. The third kappa shape index (κ3) is 2.08. The van der Waals surface area contributed by atoms with Crippen LogP contribution in [0.4, 0.5) is 0 Å². The summed E-state index contributed by atoms with van der Waals surface area (Å²) in [6.45, 7) is 6.38. The van der Waals surface area contributed by atoms with Crippen molar-refractivity contribution in [3.05, 3.63) is 29.7 Å². The second-order valence-electron chi connectivity index (χ2n) is 5.22. The fraction of sp³-hybridized carbons (Fsp3) is 0.533. The molecule has 1 aliphatic rings. The van der Waals surface area contributed by atoms with E-state index in [0.717, 1.165) is 30.6 Å². The molecule has 0 radical (unpaired) electrons. The number of furan rings is 1. The quantitative estimate of drug-likeness (QED) is 0.719. The van der Waals surface area contributed by atoms with Gasteiger partial charge in [-0.25, -0.2) is 0 Å². The van der Waals surface area contributed by atoms with Crippen molar-refractivity contribution in [3.63, 3.8) is 0 Å². The van der Waals surface area contributed by atoms with Crippen LogP contribution in [-0.2, 0) is 4.79 Å². The minimum absolute atomic E-state index is 0.198. The van der Waals surface area contributed by atoms with E-state index in [1.165, 1.54) is 0 Å². The van der Waals surface area contributed by atoms with Crippen molar-refractivity contribution >= 4 is 11.9 Å². The van der Waals surface area contributed by atoms with Crippen molar-refractivity contribution in [1.29, 1.82) is 0 Å². The third-order valence-corrected chi connectivity index (χ3v) is 4.34. The van der Waals surface area contributed by atoms with Crippen LogP contribution in [0.15, 0.2) is 28.4 Å². The molecular formula is C15H20O2. The zero-order valence-electron chi connectivity index (χ0n) is 10.8. The summed E-state index contributed by atoms with van der Waals surface area (Å²) in [6, 6.07) is 3.74. The Morgan fingerprint density at radius 2 is 2.35 bits per heavy atom. The van der Waals surface area contributed by atoms with Gasteiger partial charge in [0.1, 0.15) is 5.76 Å². The van der Waals surface area contributed by atoms with Crippen molar-refractivity contribution in [1.82, 2.24) is 0 Å². The number of Topliss-reactive ketones (excluding diaryl/α,β-unsaturated/α-hetero) is 1. The van der Waals surface area contributed by atoms with E-state index in [1.54, 1.807) is 6.26 Å². The average Bonchev–Trinajstić information content (AvgIpc) is 2.83. The molecule has 0 saturated heterocycles. The Labute approximate surface area is 103 Å². The summed E-state index contributed by atoms with van der Waals surface area (Å²) in [5.74, 6) is 1.55. The Kier molecular flexibility index (Phi) is 3.23. The molecule has 1 aromatic rings. The van der Waals surface area contributed by atoms with Gasteiger partial charge >= 0.3 is 0 Å². The van der Waals surface area contributed by atoms with Gasteiger partial charge < -0.3 is 4.42 Å². The van der Waals surface area contributed by atoms with Gasteiger partial charge in [0, 0.05) is 5.41 Å². The van der Waals surface area contributed by atoms with Crippen LogP contribution in [0.2, 0.25) is 0 Å². The SMILES string of the molecule is CCC1(C)C(=O)/C(=C/c2ccco2)CCC1C. The van der Waals surface area contributed by atoms with Gasteiger partial charge in [0.15, 0.2) is 5.78 Å². The first-order chi connectivity index (χ1) is 8.08. The maximum Gasteiger partial charge on any atom is 0.165 e. The molecule has 0 spiro atoms. The van der Waals surface area contributed by atoms with E-state index >= 15 is 0 Å². The van der Waals surface area contributed by atoms with Crippen LogP contribution in [0.5, 0.6) is 0 Å². The summed E-state index contributed by atoms with van der Waals surface area (Å²) in [5, 5.41) is 0. The number of rotatable bonds is 2. The molecule has 92 valence electrons. The van der Waals surface area contributed by atoms with E-state index in [2.05, 4.69) is 20.8 Å². The molecule has 2 heteroatoms. The highest BCUT2D eigenvalue weighted by atomic mass is 16.3. The lowest BCUT2D eigenvalue weighted by molar-refractivity contribution is -0.128. The van der Waals surface area contributed by atoms with E-state index in [1.807, 2.05) is 18.2 Å². The lowest BCUT2D eigenvalue weighted by Gasteiger charge is -2.38. The van der Waals surface area contributed by atoms with Crippen LogP contribution in [0.25, 0.3) is 6.08 Å². The second kappa shape index (κ2) is 4.52. The van der Waals surface area contributed by atoms with Gasteiger partial charge in [0.25, 0.3) is 0 Å². The molecule has 0 aliphatic heterocycles. The van der Waals surface area contributed by atoms with E-state index in [-0.39, 0.29) is 5.41 Å². The normalized spacial score (nSPS) is 32.1. The predicted molar refractivity (Wildman–Crippen MR) is 68.5 cm³/mol. The maximum atomic E-state index is 12.5. The van der Waals surface area contributed by atoms with Gasteiger partial charge in [-0.3, -0.25) is 4.79 Å². The highest BCUT2D eigenvalue weighted by Gasteiger charge is 2.41. The van der Waals surface area contributed by atoms with Crippen molar-refractivity contribution in [2.75, 3.05) is 0 Å². The van der Waals surface area contributed by atoms with Crippen LogP contribution >= 0.6 is 0 Å². The van der Waals surface area contributed by atoms with Gasteiger partial charge in [0.2, 0.25) is 0 Å². The highest BCUT2D eigenvalue weighted by Crippen LogP contribution is 2.43.